The number of hydrogen-bond donors (Lipinski definition) is 0. The van der Waals surface area contributed by atoms with Crippen LogP contribution in [-0.4, -0.2) is 8.07 Å². The van der Waals surface area contributed by atoms with Crippen molar-refractivity contribution in [1.82, 2.24) is 0 Å². The van der Waals surface area contributed by atoms with Crippen LogP contribution in [0.15, 0.2) is 33.6 Å². The van der Waals surface area contributed by atoms with Gasteiger partial charge in [0.25, 0.3) is 0 Å². The fourth-order valence-corrected chi connectivity index (χ4v) is 4.38. The second-order valence-electron chi connectivity index (χ2n) is 5.29. The van der Waals surface area contributed by atoms with Gasteiger partial charge in [0, 0.05) is 8.07 Å². The van der Waals surface area contributed by atoms with E-state index in [0.29, 0.717) is 0 Å². The Kier molecular flexibility index (Phi) is 1.20. The van der Waals surface area contributed by atoms with Crippen LogP contribution < -0.4 is 0 Å². The van der Waals surface area contributed by atoms with Crippen LogP contribution in [0.4, 0.5) is 0 Å². The molecule has 3 aliphatic rings. The van der Waals surface area contributed by atoms with Gasteiger partial charge in [-0.1, -0.05) is 26.1 Å². The lowest BCUT2D eigenvalue weighted by molar-refractivity contribution is 0.834. The summed E-state index contributed by atoms with van der Waals surface area (Å²) in [5.41, 5.74) is 6.45. The molecule has 0 saturated carbocycles. The van der Waals surface area contributed by atoms with Gasteiger partial charge in [0.1, 0.15) is 0 Å². The first kappa shape index (κ1) is 7.69. The van der Waals surface area contributed by atoms with E-state index in [4.69, 9.17) is 0 Å². The number of allylic oxidation sites excluding steroid dienone is 6. The highest BCUT2D eigenvalue weighted by Crippen LogP contribution is 2.54. The molecule has 13 heavy (non-hydrogen) atoms. The zero-order valence-electron chi connectivity index (χ0n) is 8.57. The van der Waals surface area contributed by atoms with Crippen molar-refractivity contribution in [3.8, 4) is 0 Å². The molecule has 3 aliphatic carbocycles. The van der Waals surface area contributed by atoms with Crippen LogP contribution in [0.5, 0.6) is 0 Å². The van der Waals surface area contributed by atoms with Gasteiger partial charge in [-0.25, -0.2) is 0 Å². The number of fused-ring (bicyclic) bond motifs is 1. The Labute approximate surface area is 81.0 Å². The van der Waals surface area contributed by atoms with E-state index in [1.807, 2.05) is 0 Å². The molecule has 0 unspecified atom stereocenters. The van der Waals surface area contributed by atoms with Gasteiger partial charge < -0.3 is 0 Å². The van der Waals surface area contributed by atoms with Crippen LogP contribution in [0, 0.1) is 6.42 Å². The molecule has 0 aromatic carbocycles. The summed E-state index contributed by atoms with van der Waals surface area (Å²) in [4.78, 5) is 0. The Balaban J connectivity index is 1.97. The minimum Gasteiger partial charge on any atom is -0.160 e. The van der Waals surface area contributed by atoms with Crippen molar-refractivity contribution < 1.29 is 0 Å². The molecular formula is C12H15Si-. The molecule has 0 aliphatic heterocycles. The van der Waals surface area contributed by atoms with E-state index >= 15 is 0 Å². The highest BCUT2D eigenvalue weighted by Gasteiger charge is 2.32. The van der Waals surface area contributed by atoms with E-state index in [-0.39, 0.29) is 0 Å². The van der Waals surface area contributed by atoms with E-state index in [1.54, 1.807) is 27.5 Å². The van der Waals surface area contributed by atoms with Crippen molar-refractivity contribution in [2.24, 2.45) is 0 Å². The fraction of sp³-hybridized carbons (Fsp3) is 0.417. The summed E-state index contributed by atoms with van der Waals surface area (Å²) < 4.78 is 0. The van der Waals surface area contributed by atoms with Crippen LogP contribution in [0.3, 0.4) is 0 Å². The second-order valence-corrected chi connectivity index (χ2v) is 10.3. The Hall–Kier alpha value is -0.693. The SMILES string of the molecule is C[Si](C)(C)C1=C2[CH-]C3=C(C=C21)CC3. The minimum atomic E-state index is -1.03. The molecule has 0 spiro atoms. The average Bonchev–Trinajstić information content (AvgIpc) is 2.65. The van der Waals surface area contributed by atoms with Gasteiger partial charge in [-0.3, -0.25) is 0 Å². The Bertz CT molecular complexity index is 386. The Morgan fingerprint density at radius 3 is 2.46 bits per heavy atom. The first-order valence-electron chi connectivity index (χ1n) is 5.11. The highest BCUT2D eigenvalue weighted by atomic mass is 28.3. The minimum absolute atomic E-state index is 1.03. The van der Waals surface area contributed by atoms with Crippen molar-refractivity contribution in [1.29, 1.82) is 0 Å². The van der Waals surface area contributed by atoms with Gasteiger partial charge in [-0.2, -0.15) is 10.8 Å². The first-order chi connectivity index (χ1) is 6.07. The lowest BCUT2D eigenvalue weighted by atomic mass is 9.82. The van der Waals surface area contributed by atoms with Crippen molar-refractivity contribution >= 4 is 8.07 Å². The van der Waals surface area contributed by atoms with Gasteiger partial charge in [-0.05, 0) is 6.42 Å². The molecule has 68 valence electrons. The van der Waals surface area contributed by atoms with Crippen LogP contribution in [0.25, 0.3) is 0 Å². The highest BCUT2D eigenvalue weighted by molar-refractivity contribution is 6.86. The summed E-state index contributed by atoms with van der Waals surface area (Å²) in [6.45, 7) is 7.33. The van der Waals surface area contributed by atoms with Gasteiger partial charge in [0.05, 0.1) is 0 Å². The molecule has 0 bridgehead atoms. The second kappa shape index (κ2) is 2.03. The third-order valence-corrected chi connectivity index (χ3v) is 5.27. The lowest BCUT2D eigenvalue weighted by Crippen LogP contribution is -2.18. The van der Waals surface area contributed by atoms with Gasteiger partial charge >= 0.3 is 0 Å². The molecule has 0 atom stereocenters. The quantitative estimate of drug-likeness (QED) is 0.436. The molecule has 1 heteroatoms. The summed E-state index contributed by atoms with van der Waals surface area (Å²) in [5.74, 6) is 0. The molecule has 0 aromatic rings. The van der Waals surface area contributed by atoms with Gasteiger partial charge in [0.15, 0.2) is 0 Å². The molecule has 0 N–H and O–H groups in total. The third kappa shape index (κ3) is 0.938. The molecule has 0 fully saturated rings. The third-order valence-electron chi connectivity index (χ3n) is 3.23. The standard InChI is InChI=1S/C12H15Si/c1-13(2,3)12-10-6-8-4-5-9(8)7-11(10)12/h6-7H,4-5H2,1-3H3/q-1. The van der Waals surface area contributed by atoms with Crippen molar-refractivity contribution in [3.05, 3.63) is 40.0 Å². The average molecular weight is 187 g/mol. The predicted molar refractivity (Wildman–Crippen MR) is 59.0 cm³/mol. The maximum Gasteiger partial charge on any atom is 0.0207 e. The van der Waals surface area contributed by atoms with E-state index in [2.05, 4.69) is 32.1 Å². The van der Waals surface area contributed by atoms with Crippen molar-refractivity contribution in [3.63, 3.8) is 0 Å². The summed E-state index contributed by atoms with van der Waals surface area (Å²) in [7, 11) is -1.03. The van der Waals surface area contributed by atoms with Crippen LogP contribution >= 0.6 is 0 Å². The van der Waals surface area contributed by atoms with Crippen LogP contribution in [0.2, 0.25) is 19.6 Å². The largest absolute Gasteiger partial charge is 0.160 e. The maximum atomic E-state index is 2.45. The van der Waals surface area contributed by atoms with Crippen molar-refractivity contribution in [2.75, 3.05) is 0 Å². The molecule has 0 nitrogen and oxygen atoms in total. The zero-order chi connectivity index (χ0) is 9.22. The number of rotatable bonds is 1. The van der Waals surface area contributed by atoms with Crippen molar-refractivity contribution in [2.45, 2.75) is 32.5 Å². The predicted octanol–water partition coefficient (Wildman–Crippen LogP) is 3.41. The number of hydrogen-bond acceptors (Lipinski definition) is 0. The molecule has 0 heterocycles. The zero-order valence-corrected chi connectivity index (χ0v) is 9.57. The van der Waals surface area contributed by atoms with Crippen LogP contribution in [-0.2, 0) is 0 Å². The summed E-state index contributed by atoms with van der Waals surface area (Å²) in [6, 6.07) is 0. The lowest BCUT2D eigenvalue weighted by Gasteiger charge is -2.30. The fourth-order valence-electron chi connectivity index (χ4n) is 2.42. The molecule has 0 aromatic heterocycles. The van der Waals surface area contributed by atoms with Crippen LogP contribution in [0.1, 0.15) is 12.8 Å². The Morgan fingerprint density at radius 2 is 2.00 bits per heavy atom. The van der Waals surface area contributed by atoms with E-state index in [0.717, 1.165) is 0 Å². The molecule has 3 rings (SSSR count). The van der Waals surface area contributed by atoms with Gasteiger partial charge in [-0.15, -0.1) is 29.2 Å². The maximum absolute atomic E-state index is 2.45. The van der Waals surface area contributed by atoms with Gasteiger partial charge in [0.2, 0.25) is 0 Å². The summed E-state index contributed by atoms with van der Waals surface area (Å²) >= 11 is 0. The van der Waals surface area contributed by atoms with E-state index in [1.165, 1.54) is 12.8 Å². The smallest absolute Gasteiger partial charge is 0.0207 e. The topological polar surface area (TPSA) is 0 Å². The Morgan fingerprint density at radius 1 is 1.23 bits per heavy atom. The molecule has 0 saturated heterocycles. The molecule has 0 amide bonds. The monoisotopic (exact) mass is 187 g/mol. The normalized spacial score (nSPS) is 24.4. The molecular weight excluding hydrogens is 172 g/mol. The van der Waals surface area contributed by atoms with E-state index in [9.17, 15) is 0 Å². The first-order valence-corrected chi connectivity index (χ1v) is 8.61. The summed E-state index contributed by atoms with van der Waals surface area (Å²) in [6.07, 6.45) is 7.53. The van der Waals surface area contributed by atoms with E-state index < -0.39 is 8.07 Å². The summed E-state index contributed by atoms with van der Waals surface area (Å²) in [5, 5.41) is 1.74. The molecule has 0 radical (unpaired) electrons.